The maximum atomic E-state index is 10.0. The lowest BCUT2D eigenvalue weighted by Gasteiger charge is -2.21. The number of ether oxygens (including phenoxy) is 1. The van der Waals surface area contributed by atoms with E-state index in [9.17, 15) is 4.79 Å². The van der Waals surface area contributed by atoms with Gasteiger partial charge in [-0.15, -0.1) is 0 Å². The number of morpholine rings is 1. The van der Waals surface area contributed by atoms with Crippen LogP contribution in [-0.2, 0) is 9.53 Å². The summed E-state index contributed by atoms with van der Waals surface area (Å²) in [5, 5.41) is 0. The third-order valence-corrected chi connectivity index (χ3v) is 1.45. The molecule has 1 aliphatic rings. The van der Waals surface area contributed by atoms with Crippen molar-refractivity contribution in [3.63, 3.8) is 0 Å². The Kier molecular flexibility index (Phi) is 2.11. The Morgan fingerprint density at radius 1 is 1.78 bits per heavy atom. The van der Waals surface area contributed by atoms with Gasteiger partial charge < -0.3 is 4.74 Å². The number of halogens is 1. The summed E-state index contributed by atoms with van der Waals surface area (Å²) in [6, 6.07) is 0. The van der Waals surface area contributed by atoms with Gasteiger partial charge in [0.05, 0.1) is 19.8 Å². The molecular formula is C5H6ClNO2. The summed E-state index contributed by atoms with van der Waals surface area (Å²) in [5.41, 5.74) is 0.378. The molecule has 1 rings (SSSR count). The minimum Gasteiger partial charge on any atom is -0.372 e. The number of nitrogens with zero attached hydrogens (tertiary/aromatic N) is 1. The van der Waals surface area contributed by atoms with Crippen molar-refractivity contribution in [2.45, 2.75) is 0 Å². The maximum absolute atomic E-state index is 10.0. The smallest absolute Gasteiger partial charge is 0.149 e. The highest BCUT2D eigenvalue weighted by Gasteiger charge is 2.12. The van der Waals surface area contributed by atoms with Gasteiger partial charge in [0.25, 0.3) is 0 Å². The Morgan fingerprint density at radius 2 is 2.56 bits per heavy atom. The van der Waals surface area contributed by atoms with Gasteiger partial charge in [-0.05, 0) is 0 Å². The van der Waals surface area contributed by atoms with Crippen molar-refractivity contribution < 1.29 is 9.53 Å². The molecular weight excluding hydrogens is 142 g/mol. The molecule has 0 unspecified atom stereocenters. The highest BCUT2D eigenvalue weighted by molar-refractivity contribution is 6.15. The molecule has 0 aromatic heterocycles. The van der Waals surface area contributed by atoms with Crippen molar-refractivity contribution >= 4 is 17.7 Å². The van der Waals surface area contributed by atoms with Gasteiger partial charge in [0.2, 0.25) is 0 Å². The quantitative estimate of drug-likeness (QED) is 0.362. The van der Waals surface area contributed by atoms with Crippen molar-refractivity contribution in [1.82, 2.24) is 4.42 Å². The molecule has 0 aromatic carbocycles. The molecule has 1 fully saturated rings. The first kappa shape index (κ1) is 6.62. The molecule has 1 aliphatic heterocycles. The Hall–Kier alpha value is -0.500. The monoisotopic (exact) mass is 147 g/mol. The number of rotatable bonds is 0. The fourth-order valence-electron chi connectivity index (χ4n) is 0.598. The van der Waals surface area contributed by atoms with Crippen LogP contribution < -0.4 is 0 Å². The van der Waals surface area contributed by atoms with E-state index in [2.05, 4.69) is 0 Å². The molecule has 1 heterocycles. The first-order chi connectivity index (χ1) is 4.34. The molecule has 0 radical (unpaired) electrons. The molecule has 0 aliphatic carbocycles. The second-order valence-electron chi connectivity index (χ2n) is 1.69. The Morgan fingerprint density at radius 3 is 3.00 bits per heavy atom. The molecule has 0 atom stereocenters. The predicted octanol–water partition coefficient (Wildman–Crippen LogP) is 0.188. The lowest BCUT2D eigenvalue weighted by Crippen LogP contribution is -2.27. The highest BCUT2D eigenvalue weighted by Crippen LogP contribution is 2.08. The van der Waals surface area contributed by atoms with Crippen LogP contribution in [0.4, 0.5) is 0 Å². The Bertz CT molecular complexity index is 153. The van der Waals surface area contributed by atoms with Gasteiger partial charge in [0.1, 0.15) is 11.6 Å². The topological polar surface area (TPSA) is 29.5 Å². The molecule has 50 valence electrons. The summed E-state index contributed by atoms with van der Waals surface area (Å²) in [6.07, 6.45) is 0. The van der Waals surface area contributed by atoms with Gasteiger partial charge in [-0.1, -0.05) is 0 Å². The number of hydrogen-bond donors (Lipinski definition) is 0. The third kappa shape index (κ3) is 1.45. The van der Waals surface area contributed by atoms with Crippen LogP contribution in [0.2, 0.25) is 0 Å². The van der Waals surface area contributed by atoms with E-state index in [0.717, 1.165) is 0 Å². The van der Waals surface area contributed by atoms with Crippen LogP contribution in [0.5, 0.6) is 0 Å². The number of carbonyl (C=O) groups excluding carboxylic acids is 1. The minimum absolute atomic E-state index is 0.285. The summed E-state index contributed by atoms with van der Waals surface area (Å²) >= 11 is 5.54. The zero-order valence-corrected chi connectivity index (χ0v) is 5.52. The normalized spacial score (nSPS) is 19.7. The van der Waals surface area contributed by atoms with Crippen LogP contribution in [0.15, 0.2) is 5.70 Å². The average molecular weight is 148 g/mol. The summed E-state index contributed by atoms with van der Waals surface area (Å²) in [4.78, 5) is 10.0. The molecule has 9 heavy (non-hydrogen) atoms. The van der Waals surface area contributed by atoms with Crippen LogP contribution in [0.3, 0.4) is 0 Å². The van der Waals surface area contributed by atoms with E-state index in [-0.39, 0.29) is 6.61 Å². The van der Waals surface area contributed by atoms with E-state index >= 15 is 0 Å². The van der Waals surface area contributed by atoms with Crippen LogP contribution in [0, 0.1) is 0 Å². The predicted molar refractivity (Wildman–Crippen MR) is 32.6 cm³/mol. The first-order valence-electron chi connectivity index (χ1n) is 2.59. The number of hydrogen-bond acceptors (Lipinski definition) is 3. The second-order valence-corrected chi connectivity index (χ2v) is 2.10. The standard InChI is InChI=1S/C5H6ClNO2/c6-7-1-2-9-4-5(7)3-8/h1-2,4H2. The van der Waals surface area contributed by atoms with Crippen LogP contribution in [-0.4, -0.2) is 30.1 Å². The van der Waals surface area contributed by atoms with E-state index in [0.29, 0.717) is 18.8 Å². The molecule has 4 heteroatoms. The van der Waals surface area contributed by atoms with E-state index < -0.39 is 0 Å². The van der Waals surface area contributed by atoms with Gasteiger partial charge in [-0.25, -0.2) is 4.79 Å². The molecule has 0 aromatic rings. The SMILES string of the molecule is O=C=C1COCCN1Cl. The lowest BCUT2D eigenvalue weighted by atomic mass is 10.4. The Labute approximate surface area is 58.0 Å². The van der Waals surface area contributed by atoms with Crippen molar-refractivity contribution in [2.24, 2.45) is 0 Å². The largest absolute Gasteiger partial charge is 0.372 e. The molecule has 1 saturated heterocycles. The first-order valence-corrected chi connectivity index (χ1v) is 2.93. The van der Waals surface area contributed by atoms with E-state index in [1.807, 2.05) is 0 Å². The van der Waals surface area contributed by atoms with Crippen LogP contribution >= 0.6 is 11.8 Å². The van der Waals surface area contributed by atoms with Gasteiger partial charge in [0.15, 0.2) is 0 Å². The summed E-state index contributed by atoms with van der Waals surface area (Å²) in [6.45, 7) is 1.42. The van der Waals surface area contributed by atoms with Crippen molar-refractivity contribution in [3.8, 4) is 0 Å². The van der Waals surface area contributed by atoms with Gasteiger partial charge in [-0.3, -0.25) is 4.42 Å². The van der Waals surface area contributed by atoms with Crippen molar-refractivity contribution in [2.75, 3.05) is 19.8 Å². The van der Waals surface area contributed by atoms with Gasteiger partial charge in [-0.2, -0.15) is 0 Å². The molecule has 0 bridgehead atoms. The summed E-state index contributed by atoms with van der Waals surface area (Å²) in [7, 11) is 0. The molecule has 3 nitrogen and oxygen atoms in total. The molecule has 0 amide bonds. The zero-order chi connectivity index (χ0) is 6.69. The minimum atomic E-state index is 0.285. The molecule has 0 saturated carbocycles. The van der Waals surface area contributed by atoms with Crippen LogP contribution in [0.25, 0.3) is 0 Å². The Balaban J connectivity index is 2.59. The van der Waals surface area contributed by atoms with E-state index in [1.165, 1.54) is 4.42 Å². The molecule has 0 spiro atoms. The highest BCUT2D eigenvalue weighted by atomic mass is 35.5. The van der Waals surface area contributed by atoms with Gasteiger partial charge in [0, 0.05) is 11.8 Å². The van der Waals surface area contributed by atoms with Crippen molar-refractivity contribution in [1.29, 1.82) is 0 Å². The molecule has 0 N–H and O–H groups in total. The summed E-state index contributed by atoms with van der Waals surface area (Å²) < 4.78 is 6.25. The van der Waals surface area contributed by atoms with E-state index in [4.69, 9.17) is 16.5 Å². The van der Waals surface area contributed by atoms with Gasteiger partial charge >= 0.3 is 0 Å². The lowest BCUT2D eigenvalue weighted by molar-refractivity contribution is 0.106. The second kappa shape index (κ2) is 2.87. The third-order valence-electron chi connectivity index (χ3n) is 1.08. The maximum Gasteiger partial charge on any atom is 0.149 e. The van der Waals surface area contributed by atoms with Crippen molar-refractivity contribution in [3.05, 3.63) is 5.70 Å². The zero-order valence-electron chi connectivity index (χ0n) is 4.76. The summed E-state index contributed by atoms with van der Waals surface area (Å²) in [5.74, 6) is 1.69. The average Bonchev–Trinajstić information content (AvgIpc) is 1.89. The fraction of sp³-hybridized carbons (Fsp3) is 0.600. The fourth-order valence-corrected chi connectivity index (χ4v) is 0.750. The van der Waals surface area contributed by atoms with Crippen LogP contribution in [0.1, 0.15) is 0 Å². The van der Waals surface area contributed by atoms with E-state index in [1.54, 1.807) is 5.94 Å².